The Morgan fingerprint density at radius 1 is 1.00 bits per heavy atom. The van der Waals surface area contributed by atoms with Crippen LogP contribution in [0.4, 0.5) is 5.69 Å². The Morgan fingerprint density at radius 2 is 1.86 bits per heavy atom. The van der Waals surface area contributed by atoms with Crippen molar-refractivity contribution in [2.24, 2.45) is 0 Å². The van der Waals surface area contributed by atoms with E-state index in [0.29, 0.717) is 0 Å². The SMILES string of the molecule is CCCNc1c2c(nc3c4c(ccc13)CCCC4)CCC2. The monoisotopic (exact) mass is 280 g/mol. The van der Waals surface area contributed by atoms with E-state index < -0.39 is 0 Å². The molecule has 2 aliphatic rings. The molecule has 0 bridgehead atoms. The van der Waals surface area contributed by atoms with Gasteiger partial charge in [-0.1, -0.05) is 19.1 Å². The lowest BCUT2D eigenvalue weighted by molar-refractivity contribution is 0.689. The van der Waals surface area contributed by atoms with E-state index in [9.17, 15) is 0 Å². The summed E-state index contributed by atoms with van der Waals surface area (Å²) in [7, 11) is 0. The summed E-state index contributed by atoms with van der Waals surface area (Å²) in [4.78, 5) is 5.10. The molecule has 0 saturated heterocycles. The van der Waals surface area contributed by atoms with Gasteiger partial charge >= 0.3 is 0 Å². The number of hydrogen-bond donors (Lipinski definition) is 1. The summed E-state index contributed by atoms with van der Waals surface area (Å²) in [5.41, 5.74) is 8.62. The third-order valence-electron chi connectivity index (χ3n) is 5.06. The number of rotatable bonds is 3. The molecule has 0 fully saturated rings. The number of nitrogens with one attached hydrogen (secondary N) is 1. The number of hydrogen-bond acceptors (Lipinski definition) is 2. The van der Waals surface area contributed by atoms with Gasteiger partial charge in [-0.3, -0.25) is 4.98 Å². The van der Waals surface area contributed by atoms with Crippen molar-refractivity contribution in [3.63, 3.8) is 0 Å². The highest BCUT2D eigenvalue weighted by molar-refractivity contribution is 5.96. The summed E-state index contributed by atoms with van der Waals surface area (Å²) in [6, 6.07) is 4.68. The van der Waals surface area contributed by atoms with Gasteiger partial charge in [0.25, 0.3) is 0 Å². The van der Waals surface area contributed by atoms with Crippen LogP contribution >= 0.6 is 0 Å². The highest BCUT2D eigenvalue weighted by atomic mass is 14.9. The topological polar surface area (TPSA) is 24.9 Å². The van der Waals surface area contributed by atoms with Crippen LogP contribution in [0.5, 0.6) is 0 Å². The average molecular weight is 280 g/mol. The van der Waals surface area contributed by atoms with Gasteiger partial charge in [0.2, 0.25) is 0 Å². The van der Waals surface area contributed by atoms with Crippen molar-refractivity contribution in [2.75, 3.05) is 11.9 Å². The van der Waals surface area contributed by atoms with Crippen LogP contribution in [-0.2, 0) is 25.7 Å². The highest BCUT2D eigenvalue weighted by Crippen LogP contribution is 2.37. The van der Waals surface area contributed by atoms with E-state index in [2.05, 4.69) is 24.4 Å². The van der Waals surface area contributed by atoms with E-state index in [0.717, 1.165) is 13.0 Å². The molecule has 0 unspecified atom stereocenters. The van der Waals surface area contributed by atoms with Crippen molar-refractivity contribution in [3.8, 4) is 0 Å². The van der Waals surface area contributed by atoms with Crippen molar-refractivity contribution in [1.82, 2.24) is 4.98 Å². The standard InChI is InChI=1S/C19H24N2/c1-2-12-20-18-15-8-5-9-17(15)21-19-14-7-4-3-6-13(14)10-11-16(18)19/h10-11H,2-9,12H2,1H3,(H,20,21). The maximum absolute atomic E-state index is 5.10. The summed E-state index contributed by atoms with van der Waals surface area (Å²) in [6.07, 6.45) is 9.91. The molecule has 0 aliphatic heterocycles. The predicted molar refractivity (Wildman–Crippen MR) is 89.2 cm³/mol. The first-order valence-electron chi connectivity index (χ1n) is 8.58. The van der Waals surface area contributed by atoms with Crippen LogP contribution in [0.3, 0.4) is 0 Å². The molecule has 0 amide bonds. The fourth-order valence-corrected chi connectivity index (χ4v) is 4.01. The molecule has 21 heavy (non-hydrogen) atoms. The van der Waals surface area contributed by atoms with Gasteiger partial charge in [-0.2, -0.15) is 0 Å². The van der Waals surface area contributed by atoms with Gasteiger partial charge in [0, 0.05) is 23.3 Å². The van der Waals surface area contributed by atoms with E-state index >= 15 is 0 Å². The minimum absolute atomic E-state index is 1.06. The van der Waals surface area contributed by atoms with Crippen molar-refractivity contribution >= 4 is 16.6 Å². The first kappa shape index (κ1) is 13.1. The number of fused-ring (bicyclic) bond motifs is 4. The van der Waals surface area contributed by atoms with Crippen LogP contribution < -0.4 is 5.32 Å². The zero-order valence-corrected chi connectivity index (χ0v) is 13.0. The molecule has 1 N–H and O–H groups in total. The largest absolute Gasteiger partial charge is 0.384 e. The van der Waals surface area contributed by atoms with E-state index in [-0.39, 0.29) is 0 Å². The lowest BCUT2D eigenvalue weighted by atomic mass is 9.89. The van der Waals surface area contributed by atoms with E-state index in [1.807, 2.05) is 0 Å². The Kier molecular flexibility index (Phi) is 3.33. The number of benzene rings is 1. The molecule has 0 atom stereocenters. The van der Waals surface area contributed by atoms with Crippen LogP contribution in [0.1, 0.15) is 55.0 Å². The summed E-state index contributed by atoms with van der Waals surface area (Å²) in [5, 5.41) is 5.07. The Morgan fingerprint density at radius 3 is 2.76 bits per heavy atom. The summed E-state index contributed by atoms with van der Waals surface area (Å²) >= 11 is 0. The van der Waals surface area contributed by atoms with Gasteiger partial charge in [0.05, 0.1) is 5.52 Å². The Labute approximate surface area is 127 Å². The lowest BCUT2D eigenvalue weighted by Crippen LogP contribution is -2.09. The number of aryl methyl sites for hydroxylation is 3. The van der Waals surface area contributed by atoms with Crippen molar-refractivity contribution in [2.45, 2.75) is 58.3 Å². The first-order valence-corrected chi connectivity index (χ1v) is 8.58. The molecule has 2 aliphatic carbocycles. The molecule has 2 nitrogen and oxygen atoms in total. The molecule has 1 aromatic heterocycles. The second-order valence-corrected chi connectivity index (χ2v) is 6.50. The molecule has 1 aromatic carbocycles. The molecular weight excluding hydrogens is 256 g/mol. The molecule has 2 aromatic rings. The molecule has 1 heterocycles. The van der Waals surface area contributed by atoms with E-state index in [4.69, 9.17) is 4.98 Å². The predicted octanol–water partition coefficient (Wildman–Crippen LogP) is 4.42. The molecule has 0 radical (unpaired) electrons. The second kappa shape index (κ2) is 5.32. The average Bonchev–Trinajstić information content (AvgIpc) is 2.99. The quantitative estimate of drug-likeness (QED) is 0.900. The summed E-state index contributed by atoms with van der Waals surface area (Å²) < 4.78 is 0. The minimum Gasteiger partial charge on any atom is -0.384 e. The fourth-order valence-electron chi connectivity index (χ4n) is 4.01. The van der Waals surface area contributed by atoms with Gasteiger partial charge in [-0.15, -0.1) is 0 Å². The van der Waals surface area contributed by atoms with Crippen LogP contribution in [-0.4, -0.2) is 11.5 Å². The Bertz CT molecular complexity index is 688. The summed E-state index contributed by atoms with van der Waals surface area (Å²) in [5.74, 6) is 0. The fraction of sp³-hybridized carbons (Fsp3) is 0.526. The van der Waals surface area contributed by atoms with Crippen LogP contribution in [0, 0.1) is 0 Å². The van der Waals surface area contributed by atoms with Gasteiger partial charge < -0.3 is 5.32 Å². The van der Waals surface area contributed by atoms with Gasteiger partial charge in [-0.05, 0) is 68.1 Å². The third kappa shape index (κ3) is 2.12. The molecule has 2 heteroatoms. The van der Waals surface area contributed by atoms with Crippen LogP contribution in [0.25, 0.3) is 10.9 Å². The van der Waals surface area contributed by atoms with Crippen molar-refractivity contribution < 1.29 is 0 Å². The zero-order chi connectivity index (χ0) is 14.2. The van der Waals surface area contributed by atoms with Gasteiger partial charge in [-0.25, -0.2) is 0 Å². The van der Waals surface area contributed by atoms with Crippen LogP contribution in [0.15, 0.2) is 12.1 Å². The maximum Gasteiger partial charge on any atom is 0.0760 e. The Balaban J connectivity index is 1.96. The molecule has 4 rings (SSSR count). The Hall–Kier alpha value is -1.57. The van der Waals surface area contributed by atoms with E-state index in [1.54, 1.807) is 5.56 Å². The molecule has 110 valence electrons. The number of pyridine rings is 1. The highest BCUT2D eigenvalue weighted by Gasteiger charge is 2.22. The molecule has 0 saturated carbocycles. The number of nitrogens with zero attached hydrogens (tertiary/aromatic N) is 1. The van der Waals surface area contributed by atoms with Gasteiger partial charge in [0.15, 0.2) is 0 Å². The van der Waals surface area contributed by atoms with Crippen LogP contribution in [0.2, 0.25) is 0 Å². The third-order valence-corrected chi connectivity index (χ3v) is 5.06. The minimum atomic E-state index is 1.06. The van der Waals surface area contributed by atoms with Crippen molar-refractivity contribution in [3.05, 3.63) is 34.5 Å². The molecular formula is C19H24N2. The smallest absolute Gasteiger partial charge is 0.0760 e. The molecule has 0 spiro atoms. The first-order chi connectivity index (χ1) is 10.4. The van der Waals surface area contributed by atoms with Crippen molar-refractivity contribution in [1.29, 1.82) is 0 Å². The lowest BCUT2D eigenvalue weighted by Gasteiger charge is -2.21. The second-order valence-electron chi connectivity index (χ2n) is 6.50. The zero-order valence-electron chi connectivity index (χ0n) is 13.0. The summed E-state index contributed by atoms with van der Waals surface area (Å²) in [6.45, 7) is 3.29. The van der Waals surface area contributed by atoms with Gasteiger partial charge in [0.1, 0.15) is 0 Å². The maximum atomic E-state index is 5.10. The number of aromatic nitrogens is 1. The normalized spacial score (nSPS) is 16.8. The number of anilines is 1. The van der Waals surface area contributed by atoms with E-state index in [1.165, 1.54) is 78.4 Å².